The maximum Gasteiger partial charge on any atom is 0.159 e. The third-order valence-electron chi connectivity index (χ3n) is 8.04. The predicted molar refractivity (Wildman–Crippen MR) is 141 cm³/mol. The standard InChI is InChI=1S/C27H35N7O/c1-32(2)18-8-12-33(13-9-18)19-10-14-34(15-11-19)20-4-6-24-25(16-20)29-27(28-24)26-22-17-21(35-3)5-7-23(22)30-31-26/h4-7,16-19H,8-15H2,1-3H3,(H,28,29)(H,30,31). The van der Waals surface area contributed by atoms with Crippen LogP contribution in [0.5, 0.6) is 5.75 Å². The summed E-state index contributed by atoms with van der Waals surface area (Å²) in [5.41, 5.74) is 5.06. The molecule has 0 amide bonds. The molecular formula is C27H35N7O. The number of nitrogens with one attached hydrogen (secondary N) is 2. The molecule has 2 N–H and O–H groups in total. The molecule has 0 spiro atoms. The van der Waals surface area contributed by atoms with Crippen molar-refractivity contribution >= 4 is 27.6 Å². The Hall–Kier alpha value is -3.10. The molecule has 0 atom stereocenters. The third kappa shape index (κ3) is 4.25. The van der Waals surface area contributed by atoms with Crippen molar-refractivity contribution in [2.75, 3.05) is 52.3 Å². The summed E-state index contributed by atoms with van der Waals surface area (Å²) in [6, 6.07) is 14.0. The molecule has 0 bridgehead atoms. The lowest BCUT2D eigenvalue weighted by atomic mass is 9.97. The lowest BCUT2D eigenvalue weighted by Crippen LogP contribution is -2.50. The van der Waals surface area contributed by atoms with Crippen LogP contribution in [-0.4, -0.2) is 89.4 Å². The lowest BCUT2D eigenvalue weighted by Gasteiger charge is -2.43. The van der Waals surface area contributed by atoms with Crippen LogP contribution in [0.1, 0.15) is 25.7 Å². The number of aromatic amines is 2. The molecule has 6 rings (SSSR count). The molecule has 4 heterocycles. The van der Waals surface area contributed by atoms with E-state index in [1.165, 1.54) is 44.5 Å². The number of H-pyrrole nitrogens is 2. The minimum atomic E-state index is 0.724. The fourth-order valence-corrected chi connectivity index (χ4v) is 5.86. The highest BCUT2D eigenvalue weighted by Gasteiger charge is 2.29. The molecule has 8 heteroatoms. The van der Waals surface area contributed by atoms with Gasteiger partial charge in [-0.15, -0.1) is 0 Å². The van der Waals surface area contributed by atoms with Crippen molar-refractivity contribution in [3.05, 3.63) is 36.4 Å². The number of imidazole rings is 1. The average molecular weight is 474 g/mol. The van der Waals surface area contributed by atoms with Gasteiger partial charge in [0, 0.05) is 36.2 Å². The Morgan fingerprint density at radius 3 is 2.49 bits per heavy atom. The van der Waals surface area contributed by atoms with Crippen LogP contribution in [0.15, 0.2) is 36.4 Å². The molecule has 0 saturated carbocycles. The van der Waals surface area contributed by atoms with Crippen molar-refractivity contribution < 1.29 is 4.74 Å². The monoisotopic (exact) mass is 473 g/mol. The third-order valence-corrected chi connectivity index (χ3v) is 8.04. The second-order valence-corrected chi connectivity index (χ2v) is 10.2. The van der Waals surface area contributed by atoms with Gasteiger partial charge in [0.05, 0.1) is 23.7 Å². The molecule has 2 saturated heterocycles. The van der Waals surface area contributed by atoms with Gasteiger partial charge in [0.1, 0.15) is 11.4 Å². The van der Waals surface area contributed by atoms with Gasteiger partial charge in [-0.05, 0) is 89.3 Å². The van der Waals surface area contributed by atoms with E-state index in [0.717, 1.165) is 64.4 Å². The first kappa shape index (κ1) is 22.4. The molecule has 35 heavy (non-hydrogen) atoms. The van der Waals surface area contributed by atoms with E-state index in [0.29, 0.717) is 0 Å². The van der Waals surface area contributed by atoms with E-state index in [9.17, 15) is 0 Å². The Morgan fingerprint density at radius 1 is 0.943 bits per heavy atom. The van der Waals surface area contributed by atoms with Gasteiger partial charge < -0.3 is 24.4 Å². The number of piperidine rings is 2. The fraction of sp³-hybridized carbons (Fsp3) is 0.481. The number of methoxy groups -OCH3 is 1. The fourth-order valence-electron chi connectivity index (χ4n) is 5.86. The number of hydrogen-bond donors (Lipinski definition) is 2. The maximum absolute atomic E-state index is 5.40. The summed E-state index contributed by atoms with van der Waals surface area (Å²) in [5.74, 6) is 1.58. The predicted octanol–water partition coefficient (Wildman–Crippen LogP) is 4.11. The van der Waals surface area contributed by atoms with E-state index in [2.05, 4.69) is 62.2 Å². The summed E-state index contributed by atoms with van der Waals surface area (Å²) in [6.07, 6.45) is 5.06. The molecule has 2 aliphatic heterocycles. The number of benzene rings is 2. The van der Waals surface area contributed by atoms with Crippen LogP contribution < -0.4 is 9.64 Å². The van der Waals surface area contributed by atoms with Crippen LogP contribution in [0, 0.1) is 0 Å². The summed E-state index contributed by atoms with van der Waals surface area (Å²) in [5, 5.41) is 8.63. The van der Waals surface area contributed by atoms with Crippen molar-refractivity contribution in [2.45, 2.75) is 37.8 Å². The van der Waals surface area contributed by atoms with Crippen LogP contribution >= 0.6 is 0 Å². The van der Waals surface area contributed by atoms with Gasteiger partial charge in [-0.2, -0.15) is 5.10 Å². The Labute approximate surface area is 206 Å². The average Bonchev–Trinajstić information content (AvgIpc) is 3.51. The molecule has 2 fully saturated rings. The lowest BCUT2D eigenvalue weighted by molar-refractivity contribution is 0.0961. The largest absolute Gasteiger partial charge is 0.497 e. The van der Waals surface area contributed by atoms with E-state index < -0.39 is 0 Å². The highest BCUT2D eigenvalue weighted by Crippen LogP contribution is 2.31. The molecule has 0 unspecified atom stereocenters. The van der Waals surface area contributed by atoms with Gasteiger partial charge in [-0.1, -0.05) is 0 Å². The second-order valence-electron chi connectivity index (χ2n) is 10.2. The maximum atomic E-state index is 5.40. The molecule has 2 aliphatic rings. The summed E-state index contributed by atoms with van der Waals surface area (Å²) in [4.78, 5) is 16.0. The number of aromatic nitrogens is 4. The first-order valence-corrected chi connectivity index (χ1v) is 12.8. The smallest absolute Gasteiger partial charge is 0.159 e. The Balaban J connectivity index is 1.16. The van der Waals surface area contributed by atoms with Crippen LogP contribution in [0.25, 0.3) is 33.5 Å². The number of anilines is 1. The van der Waals surface area contributed by atoms with Crippen LogP contribution in [0.2, 0.25) is 0 Å². The Bertz CT molecular complexity index is 1310. The number of rotatable bonds is 5. The van der Waals surface area contributed by atoms with Gasteiger partial charge >= 0.3 is 0 Å². The Kier molecular flexibility index (Phi) is 5.86. The minimum Gasteiger partial charge on any atom is -0.497 e. The van der Waals surface area contributed by atoms with Crippen molar-refractivity contribution in [3.63, 3.8) is 0 Å². The van der Waals surface area contributed by atoms with Gasteiger partial charge in [0.15, 0.2) is 5.82 Å². The topological polar surface area (TPSA) is 76.3 Å². The zero-order chi connectivity index (χ0) is 23.9. The van der Waals surface area contributed by atoms with Crippen molar-refractivity contribution in [3.8, 4) is 17.3 Å². The van der Waals surface area contributed by atoms with E-state index >= 15 is 0 Å². The molecule has 0 radical (unpaired) electrons. The molecule has 0 aliphatic carbocycles. The summed E-state index contributed by atoms with van der Waals surface area (Å²) < 4.78 is 5.40. The second kappa shape index (κ2) is 9.17. The van der Waals surface area contributed by atoms with Gasteiger partial charge in [-0.3, -0.25) is 5.10 Å². The quantitative estimate of drug-likeness (QED) is 0.454. The number of nitrogens with zero attached hydrogens (tertiary/aromatic N) is 5. The van der Waals surface area contributed by atoms with Gasteiger partial charge in [0.25, 0.3) is 0 Å². The molecular weight excluding hydrogens is 438 g/mol. The minimum absolute atomic E-state index is 0.724. The van der Waals surface area contributed by atoms with Gasteiger partial charge in [0.2, 0.25) is 0 Å². The molecule has 4 aromatic rings. The summed E-state index contributed by atoms with van der Waals surface area (Å²) in [6.45, 7) is 4.69. The van der Waals surface area contributed by atoms with E-state index in [-0.39, 0.29) is 0 Å². The highest BCUT2D eigenvalue weighted by atomic mass is 16.5. The van der Waals surface area contributed by atoms with Crippen molar-refractivity contribution in [2.24, 2.45) is 0 Å². The van der Waals surface area contributed by atoms with Crippen LogP contribution in [0.4, 0.5) is 5.69 Å². The Morgan fingerprint density at radius 2 is 1.74 bits per heavy atom. The van der Waals surface area contributed by atoms with Gasteiger partial charge in [-0.25, -0.2) is 4.98 Å². The molecule has 184 valence electrons. The van der Waals surface area contributed by atoms with E-state index in [1.54, 1.807) is 7.11 Å². The number of hydrogen-bond acceptors (Lipinski definition) is 6. The summed E-state index contributed by atoms with van der Waals surface area (Å²) >= 11 is 0. The molecule has 2 aromatic carbocycles. The number of ether oxygens (including phenoxy) is 1. The first-order chi connectivity index (χ1) is 17.1. The summed E-state index contributed by atoms with van der Waals surface area (Å²) in [7, 11) is 6.11. The molecule has 2 aromatic heterocycles. The van der Waals surface area contributed by atoms with E-state index in [1.807, 2.05) is 18.2 Å². The molecule has 8 nitrogen and oxygen atoms in total. The van der Waals surface area contributed by atoms with E-state index in [4.69, 9.17) is 9.72 Å². The van der Waals surface area contributed by atoms with Crippen molar-refractivity contribution in [1.82, 2.24) is 30.0 Å². The first-order valence-electron chi connectivity index (χ1n) is 12.8. The van der Waals surface area contributed by atoms with Crippen LogP contribution in [-0.2, 0) is 0 Å². The SMILES string of the molecule is COc1ccc2[nH]nc(-c3nc4ccc(N5CCC(N6CCC(N(C)C)CC6)CC5)cc4[nH]3)c2c1. The normalized spacial score (nSPS) is 18.8. The zero-order valence-corrected chi connectivity index (χ0v) is 20.9. The van der Waals surface area contributed by atoms with Crippen LogP contribution in [0.3, 0.4) is 0 Å². The van der Waals surface area contributed by atoms with Crippen molar-refractivity contribution in [1.29, 1.82) is 0 Å². The zero-order valence-electron chi connectivity index (χ0n) is 20.9. The highest BCUT2D eigenvalue weighted by molar-refractivity contribution is 5.94. The number of fused-ring (bicyclic) bond motifs is 2. The number of likely N-dealkylation sites (tertiary alicyclic amines) is 1.